The van der Waals surface area contributed by atoms with Crippen LogP contribution in [0, 0.1) is 5.82 Å². The fourth-order valence-corrected chi connectivity index (χ4v) is 4.49. The summed E-state index contributed by atoms with van der Waals surface area (Å²) in [6, 6.07) is 7.40. The number of nitrogens with one attached hydrogen (secondary N) is 1. The number of likely N-dealkylation sites (tertiary alicyclic amines) is 1. The van der Waals surface area contributed by atoms with E-state index >= 15 is 0 Å². The highest BCUT2D eigenvalue weighted by atomic mass is 19.1. The average Bonchev–Trinajstić information content (AvgIpc) is 2.81. The summed E-state index contributed by atoms with van der Waals surface area (Å²) in [7, 11) is 6.34. The molecule has 1 fully saturated rings. The van der Waals surface area contributed by atoms with Gasteiger partial charge in [0.2, 0.25) is 5.75 Å². The number of amides is 2. The van der Waals surface area contributed by atoms with Gasteiger partial charge in [-0.15, -0.1) is 0 Å². The van der Waals surface area contributed by atoms with Crippen molar-refractivity contribution in [3.05, 3.63) is 47.3 Å². The van der Waals surface area contributed by atoms with Crippen LogP contribution in [0.25, 0.3) is 0 Å². The van der Waals surface area contributed by atoms with E-state index < -0.39 is 11.5 Å². The van der Waals surface area contributed by atoms with Crippen molar-refractivity contribution >= 4 is 17.5 Å². The van der Waals surface area contributed by atoms with Gasteiger partial charge in [-0.05, 0) is 30.3 Å². The van der Waals surface area contributed by atoms with Gasteiger partial charge in [0.05, 0.1) is 32.6 Å². The predicted molar refractivity (Wildman–Crippen MR) is 116 cm³/mol. The van der Waals surface area contributed by atoms with Crippen molar-refractivity contribution in [2.75, 3.05) is 46.4 Å². The van der Waals surface area contributed by atoms with Gasteiger partial charge in [0.15, 0.2) is 11.5 Å². The first-order valence-electron chi connectivity index (χ1n) is 10.3. The van der Waals surface area contributed by atoms with Crippen molar-refractivity contribution in [3.8, 4) is 17.2 Å². The number of rotatable bonds is 4. The van der Waals surface area contributed by atoms with Crippen LogP contribution in [0.3, 0.4) is 0 Å². The Kier molecular flexibility index (Phi) is 5.58. The van der Waals surface area contributed by atoms with Crippen LogP contribution < -0.4 is 24.4 Å². The molecular formula is C23H26FN3O5. The number of anilines is 1. The van der Waals surface area contributed by atoms with Crippen molar-refractivity contribution in [2.24, 2.45) is 0 Å². The van der Waals surface area contributed by atoms with Crippen LogP contribution >= 0.6 is 0 Å². The van der Waals surface area contributed by atoms with Gasteiger partial charge in [0.25, 0.3) is 11.8 Å². The van der Waals surface area contributed by atoms with Crippen LogP contribution in [0.5, 0.6) is 17.2 Å². The van der Waals surface area contributed by atoms with Gasteiger partial charge in [0, 0.05) is 38.5 Å². The number of hydrogen-bond acceptors (Lipinski definition) is 6. The molecule has 1 N–H and O–H groups in total. The number of ether oxygens (including phenoxy) is 3. The third-order valence-corrected chi connectivity index (χ3v) is 6.34. The highest BCUT2D eigenvalue weighted by Gasteiger charge is 2.45. The number of fused-ring (bicyclic) bond motifs is 1. The first kappa shape index (κ1) is 21.7. The molecule has 1 saturated heterocycles. The minimum absolute atomic E-state index is 0.171. The molecule has 32 heavy (non-hydrogen) atoms. The number of halogens is 1. The van der Waals surface area contributed by atoms with E-state index in [9.17, 15) is 14.0 Å². The fraction of sp³-hybridized carbons (Fsp3) is 0.391. The average molecular weight is 443 g/mol. The second-order valence-electron chi connectivity index (χ2n) is 7.91. The zero-order valence-corrected chi connectivity index (χ0v) is 18.5. The largest absolute Gasteiger partial charge is 0.493 e. The number of methoxy groups -OCH3 is 3. The fourth-order valence-electron chi connectivity index (χ4n) is 4.49. The molecule has 0 bridgehead atoms. The van der Waals surface area contributed by atoms with Gasteiger partial charge in [-0.25, -0.2) is 4.39 Å². The van der Waals surface area contributed by atoms with Gasteiger partial charge >= 0.3 is 0 Å². The molecule has 0 aliphatic carbocycles. The maximum Gasteiger partial charge on any atom is 0.255 e. The molecule has 0 unspecified atom stereocenters. The molecule has 170 valence electrons. The van der Waals surface area contributed by atoms with Crippen LogP contribution in [0.2, 0.25) is 0 Å². The predicted octanol–water partition coefficient (Wildman–Crippen LogP) is 2.66. The molecule has 0 radical (unpaired) electrons. The lowest BCUT2D eigenvalue weighted by molar-refractivity contribution is 0.0608. The minimum atomic E-state index is -0.677. The van der Waals surface area contributed by atoms with Gasteiger partial charge in [-0.1, -0.05) is 0 Å². The first-order chi connectivity index (χ1) is 15.3. The summed E-state index contributed by atoms with van der Waals surface area (Å²) in [5.74, 6) is 0.429. The van der Waals surface area contributed by atoms with E-state index in [4.69, 9.17) is 14.2 Å². The summed E-state index contributed by atoms with van der Waals surface area (Å²) in [5, 5.41) is 3.08. The SMILES string of the molecule is COc1cc(C(=O)N2CCC3(CC2)NC(=O)c2ccc(F)cc2N3C)cc(OC)c1OC. The van der Waals surface area contributed by atoms with E-state index in [0.717, 1.165) is 0 Å². The molecule has 2 aliphatic heterocycles. The zero-order valence-electron chi connectivity index (χ0n) is 18.5. The highest BCUT2D eigenvalue weighted by Crippen LogP contribution is 2.40. The van der Waals surface area contributed by atoms with Gasteiger partial charge in [-0.2, -0.15) is 0 Å². The number of carbonyl (C=O) groups excluding carboxylic acids is 2. The maximum atomic E-state index is 13.8. The quantitative estimate of drug-likeness (QED) is 0.783. The van der Waals surface area contributed by atoms with Gasteiger partial charge in [0.1, 0.15) is 11.5 Å². The Balaban J connectivity index is 1.55. The molecule has 0 aromatic heterocycles. The van der Waals surface area contributed by atoms with Crippen LogP contribution in [0.4, 0.5) is 10.1 Å². The molecule has 4 rings (SSSR count). The number of nitrogens with zero attached hydrogens (tertiary/aromatic N) is 2. The Hall–Kier alpha value is -3.49. The normalized spacial score (nSPS) is 17.0. The molecule has 2 aliphatic rings. The Labute approximate surface area is 185 Å². The number of piperidine rings is 1. The van der Waals surface area contributed by atoms with Crippen molar-refractivity contribution in [2.45, 2.75) is 18.5 Å². The zero-order chi connectivity index (χ0) is 23.0. The van der Waals surface area contributed by atoms with Gasteiger partial charge in [-0.3, -0.25) is 9.59 Å². The molecule has 2 heterocycles. The Morgan fingerprint density at radius 2 is 1.66 bits per heavy atom. The molecule has 0 atom stereocenters. The number of hydrogen-bond donors (Lipinski definition) is 1. The van der Waals surface area contributed by atoms with Crippen LogP contribution in [-0.4, -0.2) is 63.8 Å². The smallest absolute Gasteiger partial charge is 0.255 e. The summed E-state index contributed by atoms with van der Waals surface area (Å²) in [4.78, 5) is 29.5. The van der Waals surface area contributed by atoms with E-state index in [-0.39, 0.29) is 11.8 Å². The van der Waals surface area contributed by atoms with E-state index in [2.05, 4.69) is 5.32 Å². The summed E-state index contributed by atoms with van der Waals surface area (Å²) in [6.07, 6.45) is 1.00. The van der Waals surface area contributed by atoms with E-state index in [1.165, 1.54) is 39.5 Å². The number of benzene rings is 2. The topological polar surface area (TPSA) is 80.3 Å². The molecule has 1 spiro atoms. The van der Waals surface area contributed by atoms with E-state index in [1.807, 2.05) is 11.9 Å². The second-order valence-corrected chi connectivity index (χ2v) is 7.91. The molecule has 2 amide bonds. The molecule has 2 aromatic carbocycles. The lowest BCUT2D eigenvalue weighted by Crippen LogP contribution is -2.67. The first-order valence-corrected chi connectivity index (χ1v) is 10.3. The maximum absolute atomic E-state index is 13.8. The lowest BCUT2D eigenvalue weighted by atomic mass is 9.90. The molecule has 8 nitrogen and oxygen atoms in total. The lowest BCUT2D eigenvalue weighted by Gasteiger charge is -2.51. The Bertz CT molecular complexity index is 1040. The summed E-state index contributed by atoms with van der Waals surface area (Å²) < 4.78 is 29.9. The third-order valence-electron chi connectivity index (χ3n) is 6.34. The van der Waals surface area contributed by atoms with Crippen molar-refractivity contribution in [1.29, 1.82) is 0 Å². The van der Waals surface area contributed by atoms with Crippen LogP contribution in [0.15, 0.2) is 30.3 Å². The van der Waals surface area contributed by atoms with Crippen molar-refractivity contribution < 1.29 is 28.2 Å². The molecule has 9 heteroatoms. The molecule has 0 saturated carbocycles. The monoisotopic (exact) mass is 443 g/mol. The Morgan fingerprint density at radius 3 is 2.22 bits per heavy atom. The highest BCUT2D eigenvalue weighted by molar-refractivity contribution is 6.02. The summed E-state index contributed by atoms with van der Waals surface area (Å²) >= 11 is 0. The van der Waals surface area contributed by atoms with Crippen LogP contribution in [0.1, 0.15) is 33.6 Å². The van der Waals surface area contributed by atoms with Crippen molar-refractivity contribution in [1.82, 2.24) is 10.2 Å². The summed E-state index contributed by atoms with van der Waals surface area (Å²) in [5.41, 5.74) is 0.738. The van der Waals surface area contributed by atoms with Crippen LogP contribution in [-0.2, 0) is 0 Å². The minimum Gasteiger partial charge on any atom is -0.493 e. The second kappa shape index (κ2) is 8.22. The van der Waals surface area contributed by atoms with Gasteiger partial charge < -0.3 is 29.3 Å². The van der Waals surface area contributed by atoms with E-state index in [1.54, 1.807) is 17.0 Å². The third kappa shape index (κ3) is 3.47. The van der Waals surface area contributed by atoms with Crippen molar-refractivity contribution in [3.63, 3.8) is 0 Å². The number of carbonyl (C=O) groups is 2. The Morgan fingerprint density at radius 1 is 1.03 bits per heavy atom. The summed E-state index contributed by atoms with van der Waals surface area (Å²) in [6.45, 7) is 0.843. The molecular weight excluding hydrogens is 417 g/mol. The molecule has 2 aromatic rings. The van der Waals surface area contributed by atoms with E-state index in [0.29, 0.717) is 60.0 Å². The standard InChI is InChI=1S/C23H26FN3O5/c1-26-17-13-15(24)5-6-16(17)21(28)25-23(26)7-9-27(10-8-23)22(29)14-11-18(30-2)20(32-4)19(12-14)31-3/h5-6,11-13H,7-10H2,1-4H3,(H,25,28).